The summed E-state index contributed by atoms with van der Waals surface area (Å²) in [7, 11) is 0. The maximum Gasteiger partial charge on any atom is 0.124 e. The van der Waals surface area contributed by atoms with Crippen LogP contribution >= 0.6 is 15.9 Å². The Hall–Kier alpha value is -0.450. The number of rotatable bonds is 5. The Labute approximate surface area is 122 Å². The van der Waals surface area contributed by atoms with E-state index in [1.165, 1.54) is 12.1 Å². The molecule has 1 aromatic carbocycles. The molecular weight excluding hydrogens is 311 g/mol. The normalized spacial score (nSPS) is 19.6. The molecule has 4 heteroatoms. The minimum Gasteiger partial charge on any atom is -0.390 e. The number of ether oxygens (including phenoxy) is 1. The highest BCUT2D eigenvalue weighted by atomic mass is 79.9. The average molecular weight is 331 g/mol. The molecule has 1 aromatic rings. The summed E-state index contributed by atoms with van der Waals surface area (Å²) in [5.41, 5.74) is 0.502. The van der Waals surface area contributed by atoms with Crippen LogP contribution in [0.5, 0.6) is 0 Å². The van der Waals surface area contributed by atoms with E-state index in [0.717, 1.165) is 31.2 Å². The maximum atomic E-state index is 13.1. The molecule has 106 valence electrons. The lowest BCUT2D eigenvalue weighted by Crippen LogP contribution is -2.43. The van der Waals surface area contributed by atoms with Gasteiger partial charge in [-0.3, -0.25) is 0 Å². The second-order valence-electron chi connectivity index (χ2n) is 5.16. The van der Waals surface area contributed by atoms with Gasteiger partial charge in [-0.2, -0.15) is 0 Å². The minimum absolute atomic E-state index is 0.273. The van der Waals surface area contributed by atoms with Crippen LogP contribution in [0.2, 0.25) is 0 Å². The Kier molecular flexibility index (Phi) is 4.98. The van der Waals surface area contributed by atoms with Crippen molar-refractivity contribution in [2.24, 2.45) is 0 Å². The predicted octanol–water partition coefficient (Wildman–Crippen LogP) is 3.84. The van der Waals surface area contributed by atoms with Gasteiger partial charge >= 0.3 is 0 Å². The lowest BCUT2D eigenvalue weighted by molar-refractivity contribution is -0.115. The lowest BCUT2D eigenvalue weighted by Gasteiger charge is -2.34. The Bertz CT molecular complexity index is 430. The second-order valence-corrected chi connectivity index (χ2v) is 6.01. The summed E-state index contributed by atoms with van der Waals surface area (Å²) in [5, 5.41) is 10.5. The summed E-state index contributed by atoms with van der Waals surface area (Å²) in [6.45, 7) is 2.57. The second kappa shape index (κ2) is 6.33. The third-order valence-corrected chi connectivity index (χ3v) is 4.66. The van der Waals surface area contributed by atoms with E-state index >= 15 is 0 Å². The molecule has 2 nitrogen and oxygen atoms in total. The number of aliphatic hydroxyl groups is 1. The third-order valence-electron chi connectivity index (χ3n) is 3.92. The van der Waals surface area contributed by atoms with Crippen LogP contribution in [0.25, 0.3) is 0 Å². The van der Waals surface area contributed by atoms with E-state index in [2.05, 4.69) is 15.9 Å². The SMILES string of the molecule is CCOC1(C(O)Cc2ccc(F)cc2Br)CCCC1. The molecule has 1 saturated carbocycles. The molecule has 2 rings (SSSR count). The van der Waals surface area contributed by atoms with Crippen molar-refractivity contribution in [1.82, 2.24) is 0 Å². The van der Waals surface area contributed by atoms with E-state index in [1.807, 2.05) is 6.92 Å². The molecule has 0 saturated heterocycles. The molecule has 1 aliphatic rings. The van der Waals surface area contributed by atoms with Crippen molar-refractivity contribution in [3.05, 3.63) is 34.1 Å². The monoisotopic (exact) mass is 330 g/mol. The first-order valence-electron chi connectivity index (χ1n) is 6.83. The molecule has 0 heterocycles. The van der Waals surface area contributed by atoms with Gasteiger partial charge in [-0.05, 0) is 37.5 Å². The third kappa shape index (κ3) is 3.36. The van der Waals surface area contributed by atoms with Gasteiger partial charge in [0.25, 0.3) is 0 Å². The minimum atomic E-state index is -0.545. The van der Waals surface area contributed by atoms with Crippen LogP contribution in [-0.2, 0) is 11.2 Å². The molecule has 0 radical (unpaired) electrons. The summed E-state index contributed by atoms with van der Waals surface area (Å²) >= 11 is 3.35. The largest absolute Gasteiger partial charge is 0.390 e. The molecule has 1 atom stereocenters. The summed E-state index contributed by atoms with van der Waals surface area (Å²) in [5.74, 6) is -0.273. The summed E-state index contributed by atoms with van der Waals surface area (Å²) in [6, 6.07) is 4.58. The van der Waals surface area contributed by atoms with Crippen molar-refractivity contribution in [3.8, 4) is 0 Å². The van der Waals surface area contributed by atoms with Gasteiger partial charge in [0.05, 0.1) is 11.7 Å². The zero-order chi connectivity index (χ0) is 13.9. The predicted molar refractivity (Wildman–Crippen MR) is 76.6 cm³/mol. The molecule has 1 N–H and O–H groups in total. The van der Waals surface area contributed by atoms with Crippen LogP contribution in [0.4, 0.5) is 4.39 Å². The zero-order valence-electron chi connectivity index (χ0n) is 11.2. The van der Waals surface area contributed by atoms with Crippen molar-refractivity contribution in [2.75, 3.05) is 6.61 Å². The van der Waals surface area contributed by atoms with Gasteiger partial charge in [0.1, 0.15) is 5.82 Å². The number of hydrogen-bond acceptors (Lipinski definition) is 2. The van der Waals surface area contributed by atoms with Crippen molar-refractivity contribution in [3.63, 3.8) is 0 Å². The zero-order valence-corrected chi connectivity index (χ0v) is 12.7. The van der Waals surface area contributed by atoms with Gasteiger partial charge in [0.15, 0.2) is 0 Å². The van der Waals surface area contributed by atoms with Gasteiger partial charge in [0.2, 0.25) is 0 Å². The van der Waals surface area contributed by atoms with Crippen molar-refractivity contribution in [2.45, 2.75) is 50.7 Å². The Morgan fingerprint density at radius 3 is 2.68 bits per heavy atom. The van der Waals surface area contributed by atoms with Gasteiger partial charge in [0, 0.05) is 17.5 Å². The highest BCUT2D eigenvalue weighted by Crippen LogP contribution is 2.38. The lowest BCUT2D eigenvalue weighted by atomic mass is 9.89. The molecule has 1 fully saturated rings. The molecule has 0 bridgehead atoms. The van der Waals surface area contributed by atoms with Gasteiger partial charge in [-0.25, -0.2) is 4.39 Å². The van der Waals surface area contributed by atoms with E-state index in [9.17, 15) is 9.50 Å². The van der Waals surface area contributed by atoms with Gasteiger partial charge in [-0.1, -0.05) is 34.8 Å². The first-order chi connectivity index (χ1) is 9.07. The standard InChI is InChI=1S/C15H20BrFO2/c1-2-19-15(7-3-4-8-15)14(18)9-11-5-6-12(17)10-13(11)16/h5-6,10,14,18H,2-4,7-9H2,1H3. The smallest absolute Gasteiger partial charge is 0.124 e. The van der Waals surface area contributed by atoms with E-state index in [1.54, 1.807) is 6.07 Å². The molecule has 19 heavy (non-hydrogen) atoms. The van der Waals surface area contributed by atoms with E-state index in [-0.39, 0.29) is 5.82 Å². The molecule has 1 unspecified atom stereocenters. The Balaban J connectivity index is 2.12. The molecule has 0 aliphatic heterocycles. The van der Waals surface area contributed by atoms with Gasteiger partial charge in [-0.15, -0.1) is 0 Å². The van der Waals surface area contributed by atoms with Crippen LogP contribution in [-0.4, -0.2) is 23.4 Å². The first kappa shape index (κ1) is 14.9. The highest BCUT2D eigenvalue weighted by Gasteiger charge is 2.41. The van der Waals surface area contributed by atoms with Crippen LogP contribution in [0.3, 0.4) is 0 Å². The molecule has 0 amide bonds. The summed E-state index contributed by atoms with van der Waals surface area (Å²) < 4.78 is 19.6. The van der Waals surface area contributed by atoms with Gasteiger partial charge < -0.3 is 9.84 Å². The molecule has 0 aromatic heterocycles. The topological polar surface area (TPSA) is 29.5 Å². The fraction of sp³-hybridized carbons (Fsp3) is 0.600. The average Bonchev–Trinajstić information content (AvgIpc) is 2.83. The highest BCUT2D eigenvalue weighted by molar-refractivity contribution is 9.10. The van der Waals surface area contributed by atoms with Crippen LogP contribution in [0.1, 0.15) is 38.2 Å². The van der Waals surface area contributed by atoms with E-state index in [4.69, 9.17) is 4.74 Å². The summed E-state index contributed by atoms with van der Waals surface area (Å²) in [4.78, 5) is 0. The quantitative estimate of drug-likeness (QED) is 0.888. The first-order valence-corrected chi connectivity index (χ1v) is 7.62. The van der Waals surface area contributed by atoms with Crippen LogP contribution in [0, 0.1) is 5.82 Å². The fourth-order valence-corrected chi connectivity index (χ4v) is 3.43. The number of aliphatic hydroxyl groups excluding tert-OH is 1. The number of hydrogen-bond donors (Lipinski definition) is 1. The Morgan fingerprint density at radius 1 is 1.42 bits per heavy atom. The number of benzene rings is 1. The fourth-order valence-electron chi connectivity index (χ4n) is 2.92. The van der Waals surface area contributed by atoms with E-state index < -0.39 is 11.7 Å². The van der Waals surface area contributed by atoms with Crippen molar-refractivity contribution >= 4 is 15.9 Å². The Morgan fingerprint density at radius 2 is 2.11 bits per heavy atom. The molecular formula is C15H20BrFO2. The van der Waals surface area contributed by atoms with Crippen LogP contribution < -0.4 is 0 Å². The molecule has 0 spiro atoms. The maximum absolute atomic E-state index is 13.1. The van der Waals surface area contributed by atoms with Crippen LogP contribution in [0.15, 0.2) is 22.7 Å². The summed E-state index contributed by atoms with van der Waals surface area (Å²) in [6.07, 6.45) is 3.95. The molecule has 1 aliphatic carbocycles. The van der Waals surface area contributed by atoms with Crippen molar-refractivity contribution in [1.29, 1.82) is 0 Å². The number of halogens is 2. The van der Waals surface area contributed by atoms with Crippen molar-refractivity contribution < 1.29 is 14.2 Å². The van der Waals surface area contributed by atoms with E-state index in [0.29, 0.717) is 17.5 Å².